The molecule has 0 bridgehead atoms. The Hall–Kier alpha value is -1.95. The van der Waals surface area contributed by atoms with E-state index in [9.17, 15) is 4.79 Å². The first-order valence-electron chi connectivity index (χ1n) is 7.60. The van der Waals surface area contributed by atoms with Crippen LogP contribution in [-0.4, -0.2) is 29.2 Å². The normalized spacial score (nSPS) is 18.4. The summed E-state index contributed by atoms with van der Waals surface area (Å²) in [4.78, 5) is 13.3. The molecule has 2 heterocycles. The number of piperidine rings is 1. The fraction of sp³-hybridized carbons (Fsp3) is 0.438. The van der Waals surface area contributed by atoms with Crippen molar-refractivity contribution < 1.29 is 4.79 Å². The van der Waals surface area contributed by atoms with Gasteiger partial charge in [0.2, 0.25) is 11.0 Å². The molecule has 1 aromatic heterocycles. The molecule has 1 aromatic carbocycles. The molecule has 5 nitrogen and oxygen atoms in total. The van der Waals surface area contributed by atoms with Crippen LogP contribution in [0.3, 0.4) is 0 Å². The van der Waals surface area contributed by atoms with Crippen LogP contribution < -0.4 is 10.6 Å². The summed E-state index contributed by atoms with van der Waals surface area (Å²) in [5.74, 6) is 0.126. The molecular weight excluding hydrogens is 296 g/mol. The van der Waals surface area contributed by atoms with E-state index in [1.165, 1.54) is 5.56 Å². The Morgan fingerprint density at radius 1 is 1.32 bits per heavy atom. The molecule has 116 valence electrons. The van der Waals surface area contributed by atoms with Crippen LogP contribution in [0.25, 0.3) is 0 Å². The number of hydrogen-bond donors (Lipinski definition) is 1. The van der Waals surface area contributed by atoms with E-state index >= 15 is 0 Å². The first kappa shape index (κ1) is 15.0. The maximum absolute atomic E-state index is 11.1. The van der Waals surface area contributed by atoms with Crippen LogP contribution in [0.4, 0.5) is 5.13 Å². The zero-order valence-electron chi connectivity index (χ0n) is 12.4. The van der Waals surface area contributed by atoms with Crippen LogP contribution in [0.2, 0.25) is 0 Å². The van der Waals surface area contributed by atoms with Crippen molar-refractivity contribution in [3.05, 3.63) is 40.9 Å². The van der Waals surface area contributed by atoms with Crippen molar-refractivity contribution in [3.8, 4) is 0 Å². The van der Waals surface area contributed by atoms with Crippen LogP contribution in [0.1, 0.15) is 29.8 Å². The van der Waals surface area contributed by atoms with Crippen molar-refractivity contribution in [2.75, 3.05) is 18.0 Å². The molecule has 1 saturated heterocycles. The number of rotatable bonds is 5. The number of carbonyl (C=O) groups excluding carboxylic acids is 1. The highest BCUT2D eigenvalue weighted by Crippen LogP contribution is 2.28. The van der Waals surface area contributed by atoms with Crippen molar-refractivity contribution in [3.63, 3.8) is 0 Å². The quantitative estimate of drug-likeness (QED) is 0.918. The highest BCUT2D eigenvalue weighted by Gasteiger charge is 2.23. The third kappa shape index (κ3) is 3.82. The number of hydrogen-bond acceptors (Lipinski definition) is 5. The lowest BCUT2D eigenvalue weighted by atomic mass is 9.95. The van der Waals surface area contributed by atoms with Crippen LogP contribution in [0.15, 0.2) is 30.3 Å². The van der Waals surface area contributed by atoms with E-state index < -0.39 is 0 Å². The molecule has 1 aliphatic rings. The number of nitrogens with zero attached hydrogens (tertiary/aromatic N) is 3. The fourth-order valence-corrected chi connectivity index (χ4v) is 3.81. The van der Waals surface area contributed by atoms with Gasteiger partial charge < -0.3 is 10.6 Å². The minimum absolute atomic E-state index is 0.214. The molecule has 3 rings (SSSR count). The number of benzene rings is 1. The summed E-state index contributed by atoms with van der Waals surface area (Å²) < 4.78 is 0. The summed E-state index contributed by atoms with van der Waals surface area (Å²) in [7, 11) is 0. The number of carbonyl (C=O) groups is 1. The van der Waals surface area contributed by atoms with E-state index in [0.717, 1.165) is 42.5 Å². The minimum Gasteiger partial charge on any atom is -0.370 e. The molecule has 2 aromatic rings. The highest BCUT2D eigenvalue weighted by molar-refractivity contribution is 7.15. The van der Waals surface area contributed by atoms with Gasteiger partial charge in [-0.25, -0.2) is 0 Å². The van der Waals surface area contributed by atoms with Gasteiger partial charge in [-0.15, -0.1) is 10.2 Å². The van der Waals surface area contributed by atoms with Crippen molar-refractivity contribution in [2.45, 2.75) is 25.7 Å². The summed E-state index contributed by atoms with van der Waals surface area (Å²) in [6.45, 7) is 1.83. The number of anilines is 1. The maximum atomic E-state index is 11.1. The topological polar surface area (TPSA) is 72.1 Å². The van der Waals surface area contributed by atoms with Gasteiger partial charge in [-0.1, -0.05) is 41.7 Å². The highest BCUT2D eigenvalue weighted by atomic mass is 32.1. The zero-order chi connectivity index (χ0) is 15.4. The summed E-state index contributed by atoms with van der Waals surface area (Å²) in [6, 6.07) is 10.3. The molecule has 1 aliphatic heterocycles. The standard InChI is InChI=1S/C16H20N4OS/c17-14(21)9-13-7-4-8-20(11-13)16-19-18-15(22-16)10-12-5-2-1-3-6-12/h1-3,5-6,13H,4,7-11H2,(H2,17,21)/t13-/m0/s1. The predicted octanol–water partition coefficient (Wildman–Crippen LogP) is 2.22. The molecule has 0 unspecified atom stereocenters. The minimum atomic E-state index is -0.214. The average molecular weight is 316 g/mol. The maximum Gasteiger partial charge on any atom is 0.217 e. The lowest BCUT2D eigenvalue weighted by Crippen LogP contribution is -2.37. The largest absolute Gasteiger partial charge is 0.370 e. The summed E-state index contributed by atoms with van der Waals surface area (Å²) >= 11 is 1.64. The van der Waals surface area contributed by atoms with Crippen LogP contribution in [-0.2, 0) is 11.2 Å². The number of amides is 1. The van der Waals surface area contributed by atoms with Crippen LogP contribution >= 0.6 is 11.3 Å². The second kappa shape index (κ2) is 6.87. The fourth-order valence-electron chi connectivity index (χ4n) is 2.90. The molecule has 22 heavy (non-hydrogen) atoms. The third-order valence-electron chi connectivity index (χ3n) is 3.93. The Morgan fingerprint density at radius 3 is 2.91 bits per heavy atom. The van der Waals surface area contributed by atoms with Crippen molar-refractivity contribution >= 4 is 22.4 Å². The van der Waals surface area contributed by atoms with Gasteiger partial charge in [0.05, 0.1) is 0 Å². The van der Waals surface area contributed by atoms with Crippen LogP contribution in [0.5, 0.6) is 0 Å². The zero-order valence-corrected chi connectivity index (χ0v) is 13.3. The Morgan fingerprint density at radius 2 is 2.14 bits per heavy atom. The molecule has 2 N–H and O–H groups in total. The van der Waals surface area contributed by atoms with Gasteiger partial charge in [-0.05, 0) is 24.3 Å². The van der Waals surface area contributed by atoms with Gasteiger partial charge in [0.25, 0.3) is 0 Å². The van der Waals surface area contributed by atoms with Gasteiger partial charge in [0.1, 0.15) is 5.01 Å². The number of aromatic nitrogens is 2. The average Bonchev–Trinajstić information content (AvgIpc) is 2.96. The van der Waals surface area contributed by atoms with Gasteiger partial charge >= 0.3 is 0 Å². The molecular formula is C16H20N4OS. The lowest BCUT2D eigenvalue weighted by molar-refractivity contribution is -0.118. The molecule has 0 saturated carbocycles. The van der Waals surface area contributed by atoms with Crippen molar-refractivity contribution in [1.29, 1.82) is 0 Å². The van der Waals surface area contributed by atoms with Crippen LogP contribution in [0, 0.1) is 5.92 Å². The molecule has 1 amide bonds. The Labute approximate surface area is 134 Å². The second-order valence-corrected chi connectivity index (χ2v) is 6.81. The van der Waals surface area contributed by atoms with E-state index in [4.69, 9.17) is 5.73 Å². The SMILES string of the molecule is NC(=O)C[C@@H]1CCCN(c2nnc(Cc3ccccc3)s2)C1. The molecule has 6 heteroatoms. The van der Waals surface area contributed by atoms with E-state index in [2.05, 4.69) is 27.2 Å². The van der Waals surface area contributed by atoms with Crippen molar-refractivity contribution in [1.82, 2.24) is 10.2 Å². The number of nitrogens with two attached hydrogens (primary N) is 1. The van der Waals surface area contributed by atoms with Gasteiger partial charge in [0.15, 0.2) is 0 Å². The molecule has 0 aliphatic carbocycles. The van der Waals surface area contributed by atoms with E-state index in [1.54, 1.807) is 11.3 Å². The molecule has 0 spiro atoms. The first-order valence-corrected chi connectivity index (χ1v) is 8.42. The van der Waals surface area contributed by atoms with Gasteiger partial charge in [-0.2, -0.15) is 0 Å². The van der Waals surface area contributed by atoms with E-state index in [0.29, 0.717) is 12.3 Å². The number of primary amides is 1. The first-order chi connectivity index (χ1) is 10.7. The van der Waals surface area contributed by atoms with E-state index in [1.807, 2.05) is 18.2 Å². The van der Waals surface area contributed by atoms with Crippen molar-refractivity contribution in [2.24, 2.45) is 11.7 Å². The molecule has 0 radical (unpaired) electrons. The summed E-state index contributed by atoms with van der Waals surface area (Å²) in [5.41, 5.74) is 6.56. The van der Waals surface area contributed by atoms with Gasteiger partial charge in [-0.3, -0.25) is 4.79 Å². The monoisotopic (exact) mass is 316 g/mol. The van der Waals surface area contributed by atoms with Gasteiger partial charge in [0, 0.05) is 25.9 Å². The third-order valence-corrected chi connectivity index (χ3v) is 4.92. The van der Waals surface area contributed by atoms with E-state index in [-0.39, 0.29) is 5.91 Å². The molecule has 1 fully saturated rings. The Balaban J connectivity index is 1.64. The Kier molecular flexibility index (Phi) is 4.68. The summed E-state index contributed by atoms with van der Waals surface area (Å²) in [6.07, 6.45) is 3.42. The lowest BCUT2D eigenvalue weighted by Gasteiger charge is -2.31. The molecule has 1 atom stereocenters. The predicted molar refractivity (Wildman–Crippen MR) is 87.9 cm³/mol. The Bertz CT molecular complexity index is 628. The smallest absolute Gasteiger partial charge is 0.217 e. The second-order valence-electron chi connectivity index (χ2n) is 5.77. The summed E-state index contributed by atoms with van der Waals surface area (Å²) in [5, 5.41) is 10.6.